The second-order valence-electron chi connectivity index (χ2n) is 9.85. The molecule has 0 aliphatic carbocycles. The lowest BCUT2D eigenvalue weighted by molar-refractivity contribution is -0.135. The molecule has 0 bridgehead atoms. The van der Waals surface area contributed by atoms with E-state index in [4.69, 9.17) is 28.4 Å². The van der Waals surface area contributed by atoms with Crippen molar-refractivity contribution in [2.75, 3.05) is 27.4 Å². The van der Waals surface area contributed by atoms with E-state index in [2.05, 4.69) is 0 Å². The first-order chi connectivity index (χ1) is 19.4. The maximum atomic E-state index is 13.6. The number of aromatic nitrogens is 1. The molecule has 0 N–H and O–H groups in total. The van der Waals surface area contributed by atoms with E-state index in [9.17, 15) is 9.59 Å². The van der Waals surface area contributed by atoms with Gasteiger partial charge in [-0.3, -0.25) is 9.59 Å². The van der Waals surface area contributed by atoms with Crippen LogP contribution in [0.5, 0.6) is 34.5 Å². The number of aryl methyl sites for hydroxylation is 1. The number of carbonyl (C=O) groups excluding carboxylic acids is 2. The van der Waals surface area contributed by atoms with Gasteiger partial charge >= 0.3 is 5.97 Å². The van der Waals surface area contributed by atoms with Crippen molar-refractivity contribution >= 4 is 28.7 Å². The number of methoxy groups -OCH3 is 2. The van der Waals surface area contributed by atoms with Crippen molar-refractivity contribution in [2.24, 2.45) is 7.05 Å². The largest absolute Gasteiger partial charge is 0.497 e. The molecule has 3 aliphatic heterocycles. The Labute approximate surface area is 229 Å². The minimum absolute atomic E-state index is 0.0615. The van der Waals surface area contributed by atoms with Crippen LogP contribution in [0.4, 0.5) is 0 Å². The molecular weight excluding hydrogens is 514 g/mol. The highest BCUT2D eigenvalue weighted by atomic mass is 16.6. The van der Waals surface area contributed by atoms with Gasteiger partial charge in [0, 0.05) is 41.2 Å². The highest BCUT2D eigenvalue weighted by molar-refractivity contribution is 6.15. The average molecular weight is 540 g/mol. The van der Waals surface area contributed by atoms with Crippen LogP contribution < -0.4 is 28.4 Å². The molecule has 3 aromatic carbocycles. The lowest BCUT2D eigenvalue weighted by Crippen LogP contribution is -2.22. The first-order valence-electron chi connectivity index (χ1n) is 12.9. The second kappa shape index (κ2) is 9.08. The molecule has 40 heavy (non-hydrogen) atoms. The normalized spacial score (nSPS) is 18.3. The lowest BCUT2D eigenvalue weighted by Gasteiger charge is -2.28. The fourth-order valence-electron chi connectivity index (χ4n) is 5.67. The van der Waals surface area contributed by atoms with Crippen molar-refractivity contribution in [3.63, 3.8) is 0 Å². The Kier molecular flexibility index (Phi) is 5.48. The number of hydrogen-bond acceptors (Lipinski definition) is 8. The Morgan fingerprint density at radius 3 is 2.60 bits per heavy atom. The monoisotopic (exact) mass is 539 g/mol. The Balaban J connectivity index is 1.34. The standard InChI is InChI=1S/C31H25NO8/c1-32-15-17(20-13-18(35-2)4-6-22(20)32)12-24-29(34)19-5-7-23-28(30(19)40-24)21(14-27(33)39-23)16-10-25(36-3)31-26(11-16)37-8-9-38-31/h4-7,10-13,15,21H,8-9,14H2,1-3H3/b24-12-/t21-/m1/s1. The predicted molar refractivity (Wildman–Crippen MR) is 145 cm³/mol. The molecule has 4 aromatic rings. The quantitative estimate of drug-likeness (QED) is 0.203. The van der Waals surface area contributed by atoms with Gasteiger partial charge in [-0.05, 0) is 54.1 Å². The minimum Gasteiger partial charge on any atom is -0.497 e. The van der Waals surface area contributed by atoms with Crippen LogP contribution in [0.1, 0.15) is 39.4 Å². The Bertz CT molecular complexity index is 1750. The molecule has 1 aromatic heterocycles. The molecule has 7 rings (SSSR count). The number of ether oxygens (including phenoxy) is 6. The maximum Gasteiger partial charge on any atom is 0.312 e. The van der Waals surface area contributed by atoms with E-state index >= 15 is 0 Å². The third-order valence-electron chi connectivity index (χ3n) is 7.55. The van der Waals surface area contributed by atoms with Gasteiger partial charge in [-0.25, -0.2) is 0 Å². The maximum absolute atomic E-state index is 13.6. The lowest BCUT2D eigenvalue weighted by atomic mass is 9.84. The van der Waals surface area contributed by atoms with Crippen LogP contribution in [0.25, 0.3) is 17.0 Å². The Morgan fingerprint density at radius 1 is 0.925 bits per heavy atom. The van der Waals surface area contributed by atoms with E-state index in [0.717, 1.165) is 22.0 Å². The van der Waals surface area contributed by atoms with Crippen LogP contribution in [-0.2, 0) is 11.8 Å². The van der Waals surface area contributed by atoms with Crippen molar-refractivity contribution in [3.8, 4) is 34.5 Å². The molecule has 9 heteroatoms. The zero-order valence-electron chi connectivity index (χ0n) is 22.1. The Hall–Kier alpha value is -4.92. The van der Waals surface area contributed by atoms with Gasteiger partial charge in [0.25, 0.3) is 0 Å². The number of Topliss-reactive ketones (excluding diaryl/α,β-unsaturated/α-hetero) is 1. The topological polar surface area (TPSA) is 94.5 Å². The molecule has 1 atom stereocenters. The van der Waals surface area contributed by atoms with Gasteiger partial charge < -0.3 is 33.0 Å². The van der Waals surface area contributed by atoms with Gasteiger partial charge in [-0.2, -0.15) is 0 Å². The van der Waals surface area contributed by atoms with Gasteiger partial charge in [-0.15, -0.1) is 0 Å². The predicted octanol–water partition coefficient (Wildman–Crippen LogP) is 5.02. The number of nitrogens with zero attached hydrogens (tertiary/aromatic N) is 1. The number of fused-ring (bicyclic) bond motifs is 5. The summed E-state index contributed by atoms with van der Waals surface area (Å²) in [5.41, 5.74) is 3.62. The summed E-state index contributed by atoms with van der Waals surface area (Å²) in [5.74, 6) is 2.15. The van der Waals surface area contributed by atoms with Crippen LogP contribution in [0.2, 0.25) is 0 Å². The molecule has 0 fully saturated rings. The summed E-state index contributed by atoms with van der Waals surface area (Å²) in [5, 5.41) is 0.930. The molecule has 0 spiro atoms. The zero-order chi connectivity index (χ0) is 27.5. The van der Waals surface area contributed by atoms with E-state index in [0.29, 0.717) is 58.8 Å². The molecule has 0 saturated heterocycles. The summed E-state index contributed by atoms with van der Waals surface area (Å²) < 4.78 is 36.4. The van der Waals surface area contributed by atoms with Crippen LogP contribution in [0.3, 0.4) is 0 Å². The smallest absolute Gasteiger partial charge is 0.312 e. The summed E-state index contributed by atoms with van der Waals surface area (Å²) in [4.78, 5) is 26.2. The highest BCUT2D eigenvalue weighted by Gasteiger charge is 2.39. The van der Waals surface area contributed by atoms with E-state index in [1.807, 2.05) is 48.1 Å². The SMILES string of the molecule is COc1ccc2c(c1)c(/C=C1\Oc3c(ccc4c3[C@@H](c3cc(OC)c5c(c3)OCCO5)CC(=O)O4)C1=O)cn2C. The fraction of sp³-hybridized carbons (Fsp3) is 0.226. The molecular formula is C31H25NO8. The van der Waals surface area contributed by atoms with Crippen LogP contribution >= 0.6 is 0 Å². The number of esters is 1. The number of hydrogen-bond donors (Lipinski definition) is 0. The number of ketones is 1. The summed E-state index contributed by atoms with van der Waals surface area (Å²) in [6.07, 6.45) is 3.75. The van der Waals surface area contributed by atoms with E-state index in [-0.39, 0.29) is 23.9 Å². The van der Waals surface area contributed by atoms with Crippen molar-refractivity contribution in [3.05, 3.63) is 76.7 Å². The van der Waals surface area contributed by atoms with Crippen molar-refractivity contribution in [2.45, 2.75) is 12.3 Å². The molecule has 0 saturated carbocycles. The number of allylic oxidation sites excluding steroid dienone is 1. The first-order valence-corrected chi connectivity index (χ1v) is 12.9. The molecule has 9 nitrogen and oxygen atoms in total. The van der Waals surface area contributed by atoms with Crippen molar-refractivity contribution in [1.29, 1.82) is 0 Å². The summed E-state index contributed by atoms with van der Waals surface area (Å²) in [7, 11) is 5.12. The van der Waals surface area contributed by atoms with Crippen LogP contribution in [0.15, 0.2) is 54.4 Å². The number of carbonyl (C=O) groups is 2. The van der Waals surface area contributed by atoms with Crippen molar-refractivity contribution in [1.82, 2.24) is 4.57 Å². The van der Waals surface area contributed by atoms with Gasteiger partial charge in [0.2, 0.25) is 11.5 Å². The molecule has 0 radical (unpaired) electrons. The van der Waals surface area contributed by atoms with E-state index in [1.165, 1.54) is 0 Å². The number of rotatable bonds is 4. The molecule has 0 unspecified atom stereocenters. The molecule has 0 amide bonds. The third-order valence-corrected chi connectivity index (χ3v) is 7.55. The molecule has 3 aliphatic rings. The van der Waals surface area contributed by atoms with Crippen LogP contribution in [-0.4, -0.2) is 43.8 Å². The van der Waals surface area contributed by atoms with Gasteiger partial charge in [0.15, 0.2) is 17.3 Å². The van der Waals surface area contributed by atoms with Crippen molar-refractivity contribution < 1.29 is 38.0 Å². The zero-order valence-corrected chi connectivity index (χ0v) is 22.1. The average Bonchev–Trinajstić information content (AvgIpc) is 3.46. The van der Waals surface area contributed by atoms with Crippen LogP contribution in [0, 0.1) is 0 Å². The molecule has 4 heterocycles. The molecule has 202 valence electrons. The van der Waals surface area contributed by atoms with Gasteiger partial charge in [0.05, 0.1) is 26.2 Å². The van der Waals surface area contributed by atoms with E-state index < -0.39 is 5.92 Å². The first kappa shape index (κ1) is 24.1. The summed E-state index contributed by atoms with van der Waals surface area (Å²) in [6, 6.07) is 12.8. The second-order valence-corrected chi connectivity index (χ2v) is 9.85. The minimum atomic E-state index is -0.454. The summed E-state index contributed by atoms with van der Waals surface area (Å²) in [6.45, 7) is 0.827. The summed E-state index contributed by atoms with van der Waals surface area (Å²) >= 11 is 0. The third kappa shape index (κ3) is 3.69. The van der Waals surface area contributed by atoms with Gasteiger partial charge in [0.1, 0.15) is 30.5 Å². The Morgan fingerprint density at radius 2 is 1.77 bits per heavy atom. The van der Waals surface area contributed by atoms with Gasteiger partial charge in [-0.1, -0.05) is 0 Å². The fourth-order valence-corrected chi connectivity index (χ4v) is 5.67. The number of benzene rings is 3. The highest BCUT2D eigenvalue weighted by Crippen LogP contribution is 2.51. The van der Waals surface area contributed by atoms with E-state index in [1.54, 1.807) is 32.4 Å².